The maximum atomic E-state index is 4.88. The molecule has 0 atom stereocenters. The second-order valence-corrected chi connectivity index (χ2v) is 9.63. The average Bonchev–Trinajstić information content (AvgIpc) is 3.55. The number of rotatable bonds is 9. The Morgan fingerprint density at radius 1 is 0.909 bits per heavy atom. The van der Waals surface area contributed by atoms with E-state index in [0.29, 0.717) is 6.04 Å². The standard InChI is InChI=1S/C25H36N6.C2H2/c1-2-6-21(7-3-1)29-24-22(17-28-25(30-24)26-13-12-19-8-9-19)23-11-10-20(16-27-23)18-31-14-4-5-15-31;1-2/h10-11,16-17,19,21H,1-9,12-15,18H2,(H2,26,28,29,30);1-2H. The van der Waals surface area contributed by atoms with E-state index in [1.54, 1.807) is 0 Å². The van der Waals surface area contributed by atoms with E-state index in [1.807, 2.05) is 12.4 Å². The predicted octanol–water partition coefficient (Wildman–Crippen LogP) is 5.34. The second-order valence-electron chi connectivity index (χ2n) is 9.63. The van der Waals surface area contributed by atoms with Crippen LogP contribution in [-0.4, -0.2) is 45.5 Å². The zero-order chi connectivity index (χ0) is 22.9. The lowest BCUT2D eigenvalue weighted by Crippen LogP contribution is -2.23. The van der Waals surface area contributed by atoms with Gasteiger partial charge < -0.3 is 10.6 Å². The number of likely N-dealkylation sites (tertiary alicyclic amines) is 1. The Morgan fingerprint density at radius 3 is 2.39 bits per heavy atom. The summed E-state index contributed by atoms with van der Waals surface area (Å²) in [5, 5.41) is 7.17. The van der Waals surface area contributed by atoms with Crippen LogP contribution in [0.1, 0.15) is 69.8 Å². The third-order valence-electron chi connectivity index (χ3n) is 6.97. The van der Waals surface area contributed by atoms with Crippen LogP contribution in [0, 0.1) is 18.8 Å². The van der Waals surface area contributed by atoms with E-state index in [1.165, 1.54) is 82.9 Å². The first-order chi connectivity index (χ1) is 16.3. The molecule has 1 saturated heterocycles. The summed E-state index contributed by atoms with van der Waals surface area (Å²) in [6, 6.07) is 4.85. The lowest BCUT2D eigenvalue weighted by atomic mass is 9.95. The van der Waals surface area contributed by atoms with Crippen molar-refractivity contribution in [3.63, 3.8) is 0 Å². The summed E-state index contributed by atoms with van der Waals surface area (Å²) in [6.07, 6.45) is 25.0. The van der Waals surface area contributed by atoms with Crippen LogP contribution in [0.15, 0.2) is 24.5 Å². The minimum absolute atomic E-state index is 0.496. The molecular weight excluding hydrogens is 408 g/mol. The smallest absolute Gasteiger partial charge is 0.224 e. The van der Waals surface area contributed by atoms with E-state index >= 15 is 0 Å². The molecule has 2 aromatic heterocycles. The molecule has 0 amide bonds. The predicted molar refractivity (Wildman–Crippen MR) is 136 cm³/mol. The summed E-state index contributed by atoms with van der Waals surface area (Å²) in [6.45, 7) is 4.37. The van der Waals surface area contributed by atoms with Crippen LogP contribution >= 0.6 is 0 Å². The van der Waals surface area contributed by atoms with Gasteiger partial charge in [0.25, 0.3) is 0 Å². The van der Waals surface area contributed by atoms with Gasteiger partial charge in [0.1, 0.15) is 5.82 Å². The number of anilines is 2. The maximum Gasteiger partial charge on any atom is 0.224 e. The molecule has 3 heterocycles. The van der Waals surface area contributed by atoms with Crippen molar-refractivity contribution in [2.75, 3.05) is 30.3 Å². The summed E-state index contributed by atoms with van der Waals surface area (Å²) < 4.78 is 0. The van der Waals surface area contributed by atoms with Crippen LogP contribution in [0.4, 0.5) is 11.8 Å². The van der Waals surface area contributed by atoms with Crippen LogP contribution in [-0.2, 0) is 6.54 Å². The summed E-state index contributed by atoms with van der Waals surface area (Å²) in [5.74, 6) is 2.57. The minimum atomic E-state index is 0.496. The molecule has 6 nitrogen and oxygen atoms in total. The van der Waals surface area contributed by atoms with Crippen LogP contribution in [0.25, 0.3) is 11.3 Å². The fourth-order valence-electron chi connectivity index (χ4n) is 4.88. The molecule has 2 aliphatic carbocycles. The van der Waals surface area contributed by atoms with Crippen LogP contribution < -0.4 is 10.6 Å². The molecule has 3 fully saturated rings. The van der Waals surface area contributed by atoms with Gasteiger partial charge in [-0.15, -0.1) is 12.8 Å². The highest BCUT2D eigenvalue weighted by molar-refractivity contribution is 5.72. The van der Waals surface area contributed by atoms with Gasteiger partial charge in [0.2, 0.25) is 5.95 Å². The zero-order valence-corrected chi connectivity index (χ0v) is 19.8. The van der Waals surface area contributed by atoms with Gasteiger partial charge in [0.05, 0.1) is 11.3 Å². The van der Waals surface area contributed by atoms with Crippen molar-refractivity contribution in [3.8, 4) is 24.1 Å². The van der Waals surface area contributed by atoms with Gasteiger partial charge in [-0.2, -0.15) is 4.98 Å². The first kappa shape index (κ1) is 23.5. The number of terminal acetylenes is 1. The summed E-state index contributed by atoms with van der Waals surface area (Å²) in [7, 11) is 0. The van der Waals surface area contributed by atoms with Crippen molar-refractivity contribution in [2.45, 2.75) is 76.8 Å². The molecule has 33 heavy (non-hydrogen) atoms. The van der Waals surface area contributed by atoms with Crippen LogP contribution in [0.3, 0.4) is 0 Å². The highest BCUT2D eigenvalue weighted by Gasteiger charge is 2.21. The first-order valence-electron chi connectivity index (χ1n) is 12.7. The molecule has 6 heteroatoms. The molecule has 0 aromatic carbocycles. The number of nitrogens with zero attached hydrogens (tertiary/aromatic N) is 4. The first-order valence-corrected chi connectivity index (χ1v) is 12.7. The molecule has 0 unspecified atom stereocenters. The molecule has 2 saturated carbocycles. The number of hydrogen-bond acceptors (Lipinski definition) is 6. The van der Waals surface area contributed by atoms with Gasteiger partial charge in [0, 0.05) is 31.5 Å². The molecule has 1 aliphatic heterocycles. The normalized spacial score (nSPS) is 19.0. The lowest BCUT2D eigenvalue weighted by Gasteiger charge is -2.24. The number of nitrogens with one attached hydrogen (secondary N) is 2. The van der Waals surface area contributed by atoms with Crippen LogP contribution in [0.2, 0.25) is 0 Å². The molecule has 176 valence electrons. The second kappa shape index (κ2) is 12.0. The third-order valence-corrected chi connectivity index (χ3v) is 6.97. The Hall–Kier alpha value is -2.65. The van der Waals surface area contributed by atoms with E-state index < -0.39 is 0 Å². The Morgan fingerprint density at radius 2 is 1.70 bits per heavy atom. The van der Waals surface area contributed by atoms with Crippen molar-refractivity contribution in [2.24, 2.45) is 5.92 Å². The number of aromatic nitrogens is 3. The summed E-state index contributed by atoms with van der Waals surface area (Å²) in [5.41, 5.74) is 3.24. The lowest BCUT2D eigenvalue weighted by molar-refractivity contribution is 0.331. The van der Waals surface area contributed by atoms with Gasteiger partial charge in [-0.05, 0) is 62.7 Å². The number of pyridine rings is 1. The average molecular weight is 447 g/mol. The van der Waals surface area contributed by atoms with Gasteiger partial charge in [-0.3, -0.25) is 9.88 Å². The molecule has 5 rings (SSSR count). The van der Waals surface area contributed by atoms with Crippen molar-refractivity contribution in [1.29, 1.82) is 0 Å². The van der Waals surface area contributed by atoms with E-state index in [-0.39, 0.29) is 0 Å². The van der Waals surface area contributed by atoms with E-state index in [9.17, 15) is 0 Å². The van der Waals surface area contributed by atoms with Gasteiger partial charge >= 0.3 is 0 Å². The maximum absolute atomic E-state index is 4.88. The fraction of sp³-hybridized carbons (Fsp3) is 0.593. The fourth-order valence-corrected chi connectivity index (χ4v) is 4.88. The van der Waals surface area contributed by atoms with E-state index in [0.717, 1.165) is 42.0 Å². The monoisotopic (exact) mass is 446 g/mol. The van der Waals surface area contributed by atoms with E-state index in [4.69, 9.17) is 9.97 Å². The Bertz CT molecular complexity index is 877. The van der Waals surface area contributed by atoms with Gasteiger partial charge in [0.15, 0.2) is 0 Å². The van der Waals surface area contributed by atoms with Crippen molar-refractivity contribution in [3.05, 3.63) is 30.1 Å². The molecule has 0 spiro atoms. The highest BCUT2D eigenvalue weighted by Crippen LogP contribution is 2.32. The topological polar surface area (TPSA) is 66.0 Å². The Balaban J connectivity index is 0.00000126. The Labute approximate surface area is 199 Å². The van der Waals surface area contributed by atoms with Crippen molar-refractivity contribution >= 4 is 11.8 Å². The quantitative estimate of drug-likeness (QED) is 0.507. The molecule has 0 radical (unpaired) electrons. The van der Waals surface area contributed by atoms with Gasteiger partial charge in [-0.25, -0.2) is 4.98 Å². The Kier molecular flexibility index (Phi) is 8.54. The number of hydrogen-bond donors (Lipinski definition) is 2. The molecule has 3 aliphatic rings. The third kappa shape index (κ3) is 6.91. The minimum Gasteiger partial charge on any atom is -0.367 e. The summed E-state index contributed by atoms with van der Waals surface area (Å²) >= 11 is 0. The van der Waals surface area contributed by atoms with Crippen LogP contribution in [0.5, 0.6) is 0 Å². The molecule has 0 bridgehead atoms. The SMILES string of the molecule is C#C.c1cc(-c2cnc(NCCC3CC3)nc2NC2CCCCC2)ncc1CN1CCCC1. The zero-order valence-electron chi connectivity index (χ0n) is 19.8. The van der Waals surface area contributed by atoms with E-state index in [2.05, 4.69) is 45.5 Å². The van der Waals surface area contributed by atoms with Crippen molar-refractivity contribution < 1.29 is 0 Å². The van der Waals surface area contributed by atoms with Crippen molar-refractivity contribution in [1.82, 2.24) is 19.9 Å². The largest absolute Gasteiger partial charge is 0.367 e. The van der Waals surface area contributed by atoms with Gasteiger partial charge in [-0.1, -0.05) is 38.2 Å². The molecule has 2 aromatic rings. The highest BCUT2D eigenvalue weighted by atomic mass is 15.2. The molecular formula is C27H38N6. The molecule has 2 N–H and O–H groups in total. The summed E-state index contributed by atoms with van der Waals surface area (Å²) in [4.78, 5) is 16.8.